The summed E-state index contributed by atoms with van der Waals surface area (Å²) in [5, 5.41) is 0. The molecular formula is C28H56O14S7. The molecule has 49 heavy (non-hydrogen) atoms. The van der Waals surface area contributed by atoms with E-state index in [9.17, 15) is 58.9 Å². The third-order valence-electron chi connectivity index (χ3n) is 8.12. The van der Waals surface area contributed by atoms with Gasteiger partial charge in [-0.2, -0.15) is 0 Å². The minimum absolute atomic E-state index is 0.424. The first kappa shape index (κ1) is 46.7. The van der Waals surface area contributed by atoms with Crippen molar-refractivity contribution in [3.8, 4) is 0 Å². The summed E-state index contributed by atoms with van der Waals surface area (Å²) in [6, 6.07) is 0. The molecule has 0 aromatic carbocycles. The fraction of sp³-hybridized carbons (Fsp3) is 1.00. The normalized spacial score (nSPS) is 28.0. The molecule has 7 fully saturated rings. The highest BCUT2D eigenvalue weighted by Gasteiger charge is 2.19. The molecule has 0 aromatic heterocycles. The molecular weight excluding hydrogens is 785 g/mol. The monoisotopic (exact) mass is 840 g/mol. The van der Waals surface area contributed by atoms with Crippen molar-refractivity contribution in [3.63, 3.8) is 0 Å². The molecule has 14 nitrogen and oxygen atoms in total. The fourth-order valence-corrected chi connectivity index (χ4v) is 15.7. The van der Waals surface area contributed by atoms with Crippen LogP contribution in [0.5, 0.6) is 0 Å². The summed E-state index contributed by atoms with van der Waals surface area (Å²) >= 11 is 0. The van der Waals surface area contributed by atoms with Gasteiger partial charge in [0.05, 0.1) is 80.5 Å². The Balaban J connectivity index is 0.000000286. The fourth-order valence-electron chi connectivity index (χ4n) is 5.22. The SMILES string of the molecule is O=S1(=O)CCCC1.O=S1(=O)CCCC1.O=S1(=O)CCCC1.O=S1(=O)CCCC1.O=S1(=O)CCCC1.O=S1(=O)CCCC1.O=S1(=O)CCCC1. The quantitative estimate of drug-likeness (QED) is 0.335. The first-order valence-corrected chi connectivity index (χ1v) is 29.6. The second-order valence-corrected chi connectivity index (χ2v) is 29.1. The van der Waals surface area contributed by atoms with Gasteiger partial charge in [0, 0.05) is 0 Å². The molecule has 294 valence electrons. The molecule has 0 aromatic rings. The van der Waals surface area contributed by atoms with Crippen LogP contribution in [0, 0.1) is 0 Å². The predicted octanol–water partition coefficient (Wildman–Crippen LogP) is 1.37. The van der Waals surface area contributed by atoms with Crippen LogP contribution in [0.15, 0.2) is 0 Å². The summed E-state index contributed by atoms with van der Waals surface area (Å²) in [6.45, 7) is 0. The van der Waals surface area contributed by atoms with Gasteiger partial charge in [0.1, 0.15) is 68.9 Å². The third kappa shape index (κ3) is 25.3. The zero-order valence-electron chi connectivity index (χ0n) is 28.4. The van der Waals surface area contributed by atoms with E-state index < -0.39 is 68.9 Å². The maximum Gasteiger partial charge on any atom is 0.150 e. The highest BCUT2D eigenvalue weighted by Crippen LogP contribution is 2.11. The van der Waals surface area contributed by atoms with Gasteiger partial charge >= 0.3 is 0 Å². The van der Waals surface area contributed by atoms with Crippen LogP contribution in [0.3, 0.4) is 0 Å². The minimum Gasteiger partial charge on any atom is -0.229 e. The van der Waals surface area contributed by atoms with Crippen molar-refractivity contribution in [2.45, 2.75) is 89.9 Å². The topological polar surface area (TPSA) is 239 Å². The van der Waals surface area contributed by atoms with Crippen LogP contribution in [-0.2, 0) is 68.9 Å². The number of hydrogen-bond acceptors (Lipinski definition) is 14. The summed E-state index contributed by atoms with van der Waals surface area (Å²) < 4.78 is 146. The zero-order chi connectivity index (χ0) is 37.3. The molecule has 0 unspecified atom stereocenters. The minimum atomic E-state index is -2.55. The van der Waals surface area contributed by atoms with E-state index in [2.05, 4.69) is 0 Å². The van der Waals surface area contributed by atoms with Crippen molar-refractivity contribution in [2.24, 2.45) is 0 Å². The molecule has 7 aliphatic rings. The van der Waals surface area contributed by atoms with E-state index in [0.717, 1.165) is 89.9 Å². The molecule has 0 N–H and O–H groups in total. The van der Waals surface area contributed by atoms with Crippen LogP contribution in [0.1, 0.15) is 89.9 Å². The lowest BCUT2D eigenvalue weighted by Gasteiger charge is -1.81. The van der Waals surface area contributed by atoms with Gasteiger partial charge in [-0.15, -0.1) is 0 Å². The summed E-state index contributed by atoms with van der Waals surface area (Å²) in [5.74, 6) is 5.93. The molecule has 0 atom stereocenters. The van der Waals surface area contributed by atoms with Crippen molar-refractivity contribution in [1.29, 1.82) is 0 Å². The third-order valence-corrected chi connectivity index (χ3v) is 20.9. The van der Waals surface area contributed by atoms with Crippen LogP contribution in [0.25, 0.3) is 0 Å². The van der Waals surface area contributed by atoms with E-state index in [-0.39, 0.29) is 0 Å². The molecule has 7 saturated heterocycles. The van der Waals surface area contributed by atoms with Gasteiger partial charge in [-0.1, -0.05) is 0 Å². The Hall–Kier alpha value is -0.350. The van der Waals surface area contributed by atoms with Crippen LogP contribution < -0.4 is 0 Å². The Morgan fingerprint density at radius 3 is 0.224 bits per heavy atom. The second-order valence-electron chi connectivity index (χ2n) is 13.0. The zero-order valence-corrected chi connectivity index (χ0v) is 34.1. The summed E-state index contributed by atoms with van der Waals surface area (Å²) in [6.07, 6.45) is 12.3. The number of rotatable bonds is 0. The molecule has 7 rings (SSSR count). The Labute approximate surface area is 296 Å². The Kier molecular flexibility index (Phi) is 20.4. The van der Waals surface area contributed by atoms with Crippen molar-refractivity contribution in [1.82, 2.24) is 0 Å². The number of hydrogen-bond donors (Lipinski definition) is 0. The lowest BCUT2D eigenvalue weighted by molar-refractivity contribution is 0.600. The molecule has 7 aliphatic heterocycles. The van der Waals surface area contributed by atoms with Crippen LogP contribution in [0.4, 0.5) is 0 Å². The van der Waals surface area contributed by atoms with Gasteiger partial charge in [-0.05, 0) is 89.9 Å². The van der Waals surface area contributed by atoms with Gasteiger partial charge in [0.2, 0.25) is 0 Å². The standard InChI is InChI=1S/7C4H8O2S/c7*5-7(6)3-1-2-4-7/h7*1-4H2. The Morgan fingerprint density at radius 2 is 0.204 bits per heavy atom. The maximum absolute atomic E-state index is 10.4. The van der Waals surface area contributed by atoms with E-state index in [1.54, 1.807) is 0 Å². The van der Waals surface area contributed by atoms with Crippen molar-refractivity contribution in [2.75, 3.05) is 80.5 Å². The highest BCUT2D eigenvalue weighted by atomic mass is 32.2. The van der Waals surface area contributed by atoms with Crippen molar-refractivity contribution < 1.29 is 58.9 Å². The summed E-state index contributed by atoms with van der Waals surface area (Å²) in [7, 11) is -17.8. The Morgan fingerprint density at radius 1 is 0.143 bits per heavy atom. The van der Waals surface area contributed by atoms with E-state index in [4.69, 9.17) is 0 Å². The number of sulfone groups is 7. The highest BCUT2D eigenvalue weighted by molar-refractivity contribution is 7.93. The predicted molar refractivity (Wildman–Crippen MR) is 195 cm³/mol. The first-order valence-electron chi connectivity index (χ1n) is 16.9. The molecule has 0 amide bonds. The van der Waals surface area contributed by atoms with Crippen LogP contribution in [-0.4, -0.2) is 139 Å². The van der Waals surface area contributed by atoms with E-state index in [1.165, 1.54) is 0 Å². The van der Waals surface area contributed by atoms with Gasteiger partial charge in [-0.3, -0.25) is 0 Å². The molecule has 0 aliphatic carbocycles. The molecule has 0 saturated carbocycles. The largest absolute Gasteiger partial charge is 0.229 e. The first-order chi connectivity index (χ1) is 22.4. The average Bonchev–Trinajstić information content (AvgIpc) is 3.83. The van der Waals surface area contributed by atoms with Crippen molar-refractivity contribution >= 4 is 68.9 Å². The summed E-state index contributed by atoms with van der Waals surface area (Å²) in [5.41, 5.74) is 0. The molecule has 0 radical (unpaired) electrons. The lowest BCUT2D eigenvalue weighted by Crippen LogP contribution is -1.98. The van der Waals surface area contributed by atoms with Crippen LogP contribution >= 0.6 is 0 Å². The lowest BCUT2D eigenvalue weighted by atomic mass is 10.4. The van der Waals surface area contributed by atoms with E-state index in [0.29, 0.717) is 80.5 Å². The smallest absolute Gasteiger partial charge is 0.150 e. The van der Waals surface area contributed by atoms with Crippen LogP contribution in [0.2, 0.25) is 0 Å². The van der Waals surface area contributed by atoms with Gasteiger partial charge in [0.15, 0.2) is 0 Å². The van der Waals surface area contributed by atoms with E-state index >= 15 is 0 Å². The maximum atomic E-state index is 10.4. The van der Waals surface area contributed by atoms with Gasteiger partial charge in [0.25, 0.3) is 0 Å². The van der Waals surface area contributed by atoms with Crippen molar-refractivity contribution in [3.05, 3.63) is 0 Å². The van der Waals surface area contributed by atoms with Gasteiger partial charge in [-0.25, -0.2) is 58.9 Å². The average molecular weight is 841 g/mol. The van der Waals surface area contributed by atoms with E-state index in [1.807, 2.05) is 0 Å². The Bertz CT molecular complexity index is 1300. The summed E-state index contributed by atoms with van der Waals surface area (Å²) in [4.78, 5) is 0. The molecule has 0 bridgehead atoms. The molecule has 0 spiro atoms. The van der Waals surface area contributed by atoms with Gasteiger partial charge < -0.3 is 0 Å². The molecule has 21 heteroatoms. The molecule has 7 heterocycles. The second kappa shape index (κ2) is 21.4.